The van der Waals surface area contributed by atoms with Crippen LogP contribution in [0.15, 0.2) is 40.8 Å². The Bertz CT molecular complexity index is 920. The molecule has 0 bridgehead atoms. The van der Waals surface area contributed by atoms with E-state index >= 15 is 0 Å². The van der Waals surface area contributed by atoms with Gasteiger partial charge in [-0.1, -0.05) is 24.3 Å². The molecule has 1 atom stereocenters. The fraction of sp³-hybridized carbons (Fsp3) is 0.520. The number of likely N-dealkylation sites (tertiary alicyclic amines) is 1. The molecule has 0 N–H and O–H groups in total. The van der Waals surface area contributed by atoms with Crippen LogP contribution in [0, 0.1) is 6.92 Å². The first-order chi connectivity index (χ1) is 14.5. The van der Waals surface area contributed by atoms with Gasteiger partial charge in [-0.2, -0.15) is 0 Å². The summed E-state index contributed by atoms with van der Waals surface area (Å²) in [5, 5.41) is 0. The van der Waals surface area contributed by atoms with Crippen molar-refractivity contribution in [3.63, 3.8) is 0 Å². The predicted molar refractivity (Wildman–Crippen MR) is 117 cm³/mol. The molecule has 1 saturated heterocycles. The minimum absolute atomic E-state index is 0.0162. The zero-order chi connectivity index (χ0) is 21.3. The number of fused-ring (bicyclic) bond motifs is 2. The van der Waals surface area contributed by atoms with Gasteiger partial charge in [-0.25, -0.2) is 0 Å². The molecular formula is C25H32N2O3. The molecule has 1 aromatic carbocycles. The highest BCUT2D eigenvalue weighted by Gasteiger charge is 2.46. The van der Waals surface area contributed by atoms with Crippen molar-refractivity contribution < 1.29 is 14.0 Å². The fourth-order valence-electron chi connectivity index (χ4n) is 5.44. The Hall–Kier alpha value is -2.56. The van der Waals surface area contributed by atoms with Crippen LogP contribution in [-0.2, 0) is 10.2 Å². The molecule has 160 valence electrons. The quantitative estimate of drug-likeness (QED) is 0.732. The Kier molecular flexibility index (Phi) is 5.72. The number of aryl methyl sites for hydroxylation is 1. The van der Waals surface area contributed by atoms with E-state index in [-0.39, 0.29) is 23.1 Å². The Morgan fingerprint density at radius 3 is 2.43 bits per heavy atom. The largest absolute Gasteiger partial charge is 0.456 e. The van der Waals surface area contributed by atoms with Crippen molar-refractivity contribution in [3.05, 3.63) is 59.0 Å². The van der Waals surface area contributed by atoms with E-state index in [9.17, 15) is 9.59 Å². The SMILES string of the molecule is CCN(CC)C(=O)CC1CC2(CCN(C(=O)c3ccc(C)o3)CC2)c2ccccc21. The van der Waals surface area contributed by atoms with Crippen LogP contribution in [0.25, 0.3) is 0 Å². The first-order valence-corrected chi connectivity index (χ1v) is 11.2. The standard InChI is InChI=1S/C25H32N2O3/c1-4-26(5-2)23(28)16-19-17-25(21-9-7-6-8-20(19)21)12-14-27(15-13-25)24(29)22-11-10-18(3)30-22/h6-11,19H,4-5,12-17H2,1-3H3. The summed E-state index contributed by atoms with van der Waals surface area (Å²) < 4.78 is 5.54. The molecule has 2 aromatic rings. The Balaban J connectivity index is 1.50. The summed E-state index contributed by atoms with van der Waals surface area (Å²) in [5.74, 6) is 1.69. The maximum absolute atomic E-state index is 12.8. The Labute approximate surface area is 179 Å². The van der Waals surface area contributed by atoms with E-state index in [0.717, 1.165) is 51.2 Å². The van der Waals surface area contributed by atoms with Gasteiger partial charge in [0.2, 0.25) is 5.91 Å². The number of hydrogen-bond acceptors (Lipinski definition) is 3. The number of amides is 2. The van der Waals surface area contributed by atoms with E-state index in [1.165, 1.54) is 11.1 Å². The second-order valence-corrected chi connectivity index (χ2v) is 8.74. The number of piperidine rings is 1. The van der Waals surface area contributed by atoms with Crippen molar-refractivity contribution in [1.29, 1.82) is 0 Å². The van der Waals surface area contributed by atoms with Crippen molar-refractivity contribution >= 4 is 11.8 Å². The van der Waals surface area contributed by atoms with Crippen molar-refractivity contribution in [1.82, 2.24) is 9.80 Å². The highest BCUT2D eigenvalue weighted by Crippen LogP contribution is 2.52. The van der Waals surface area contributed by atoms with Gasteiger partial charge in [-0.3, -0.25) is 9.59 Å². The number of rotatable bonds is 5. The molecule has 2 heterocycles. The van der Waals surface area contributed by atoms with Gasteiger partial charge in [0.1, 0.15) is 5.76 Å². The van der Waals surface area contributed by atoms with Crippen molar-refractivity contribution in [3.8, 4) is 0 Å². The first-order valence-electron chi connectivity index (χ1n) is 11.2. The van der Waals surface area contributed by atoms with Crippen molar-refractivity contribution in [2.75, 3.05) is 26.2 Å². The Morgan fingerprint density at radius 2 is 1.80 bits per heavy atom. The molecule has 5 nitrogen and oxygen atoms in total. The summed E-state index contributed by atoms with van der Waals surface area (Å²) in [7, 11) is 0. The monoisotopic (exact) mass is 408 g/mol. The molecule has 1 aliphatic heterocycles. The van der Waals surface area contributed by atoms with Crippen LogP contribution in [-0.4, -0.2) is 47.8 Å². The summed E-state index contributed by atoms with van der Waals surface area (Å²) in [5.41, 5.74) is 2.79. The third kappa shape index (κ3) is 3.66. The molecule has 30 heavy (non-hydrogen) atoms. The summed E-state index contributed by atoms with van der Waals surface area (Å²) >= 11 is 0. The van der Waals surface area contributed by atoms with Crippen LogP contribution in [0.3, 0.4) is 0 Å². The highest BCUT2D eigenvalue weighted by atomic mass is 16.3. The Morgan fingerprint density at radius 1 is 1.10 bits per heavy atom. The highest BCUT2D eigenvalue weighted by molar-refractivity contribution is 5.91. The molecule has 2 aliphatic rings. The molecular weight excluding hydrogens is 376 g/mol. The van der Waals surface area contributed by atoms with Crippen LogP contribution >= 0.6 is 0 Å². The van der Waals surface area contributed by atoms with E-state index < -0.39 is 0 Å². The van der Waals surface area contributed by atoms with E-state index in [2.05, 4.69) is 24.3 Å². The lowest BCUT2D eigenvalue weighted by Gasteiger charge is -2.40. The van der Waals surface area contributed by atoms with Gasteiger partial charge in [-0.15, -0.1) is 0 Å². The minimum Gasteiger partial charge on any atom is -0.456 e. The van der Waals surface area contributed by atoms with E-state index in [1.807, 2.05) is 36.6 Å². The van der Waals surface area contributed by atoms with Crippen molar-refractivity contribution in [2.24, 2.45) is 0 Å². The number of carbonyl (C=O) groups excluding carboxylic acids is 2. The third-order valence-corrected chi connectivity index (χ3v) is 7.11. The van der Waals surface area contributed by atoms with Crippen LogP contribution in [0.2, 0.25) is 0 Å². The topological polar surface area (TPSA) is 53.8 Å². The molecule has 1 spiro atoms. The molecule has 1 unspecified atom stereocenters. The van der Waals surface area contributed by atoms with Gasteiger partial charge in [0.25, 0.3) is 5.91 Å². The molecule has 2 amide bonds. The number of nitrogens with zero attached hydrogens (tertiary/aromatic N) is 2. The fourth-order valence-corrected chi connectivity index (χ4v) is 5.44. The minimum atomic E-state index is -0.0162. The molecule has 4 rings (SSSR count). The zero-order valence-electron chi connectivity index (χ0n) is 18.3. The molecule has 5 heteroatoms. The lowest BCUT2D eigenvalue weighted by atomic mass is 9.73. The molecule has 1 fully saturated rings. The van der Waals surface area contributed by atoms with Crippen LogP contribution < -0.4 is 0 Å². The summed E-state index contributed by atoms with van der Waals surface area (Å²) in [6, 6.07) is 12.2. The van der Waals surface area contributed by atoms with Gasteiger partial charge in [0, 0.05) is 32.6 Å². The van der Waals surface area contributed by atoms with Gasteiger partial charge < -0.3 is 14.2 Å². The lowest BCUT2D eigenvalue weighted by molar-refractivity contribution is -0.131. The van der Waals surface area contributed by atoms with Crippen LogP contribution in [0.4, 0.5) is 0 Å². The molecule has 0 radical (unpaired) electrons. The second kappa shape index (κ2) is 8.29. The summed E-state index contributed by atoms with van der Waals surface area (Å²) in [6.45, 7) is 8.91. The van der Waals surface area contributed by atoms with Gasteiger partial charge in [-0.05, 0) is 74.6 Å². The van der Waals surface area contributed by atoms with Gasteiger partial charge in [0.05, 0.1) is 0 Å². The average molecular weight is 409 g/mol. The summed E-state index contributed by atoms with van der Waals surface area (Å²) in [4.78, 5) is 29.4. The van der Waals surface area contributed by atoms with E-state index in [0.29, 0.717) is 12.2 Å². The van der Waals surface area contributed by atoms with Gasteiger partial charge in [0.15, 0.2) is 5.76 Å². The maximum atomic E-state index is 12.8. The van der Waals surface area contributed by atoms with Gasteiger partial charge >= 0.3 is 0 Å². The number of hydrogen-bond donors (Lipinski definition) is 0. The predicted octanol–water partition coefficient (Wildman–Crippen LogP) is 4.51. The van der Waals surface area contributed by atoms with Crippen molar-refractivity contribution in [2.45, 2.75) is 57.8 Å². The number of carbonyl (C=O) groups is 2. The number of benzene rings is 1. The molecule has 1 aliphatic carbocycles. The average Bonchev–Trinajstić information content (AvgIpc) is 3.32. The summed E-state index contributed by atoms with van der Waals surface area (Å²) in [6.07, 6.45) is 3.45. The molecule has 0 saturated carbocycles. The first kappa shape index (κ1) is 20.7. The smallest absolute Gasteiger partial charge is 0.289 e. The second-order valence-electron chi connectivity index (χ2n) is 8.74. The maximum Gasteiger partial charge on any atom is 0.289 e. The normalized spacial score (nSPS) is 19.7. The van der Waals surface area contributed by atoms with Crippen LogP contribution in [0.1, 0.15) is 72.9 Å². The van der Waals surface area contributed by atoms with Crippen LogP contribution in [0.5, 0.6) is 0 Å². The lowest BCUT2D eigenvalue weighted by Crippen LogP contribution is -2.44. The third-order valence-electron chi connectivity index (χ3n) is 7.11. The number of furan rings is 1. The van der Waals surface area contributed by atoms with E-state index in [1.54, 1.807) is 6.07 Å². The zero-order valence-corrected chi connectivity index (χ0v) is 18.3. The molecule has 1 aromatic heterocycles. The van der Waals surface area contributed by atoms with E-state index in [4.69, 9.17) is 4.42 Å².